The number of benzene rings is 2. The summed E-state index contributed by atoms with van der Waals surface area (Å²) in [4.78, 5) is 3.14. The summed E-state index contributed by atoms with van der Waals surface area (Å²) < 4.78 is 75.4. The number of hydrogen-bond acceptors (Lipinski definition) is 4. The molecule has 10 heteroatoms. The minimum Gasteiger partial charge on any atom is -0.497 e. The van der Waals surface area contributed by atoms with Crippen molar-refractivity contribution in [1.29, 1.82) is 0 Å². The number of halogens is 3. The van der Waals surface area contributed by atoms with Gasteiger partial charge in [-0.05, 0) is 29.8 Å². The van der Waals surface area contributed by atoms with Gasteiger partial charge in [-0.1, -0.05) is 12.1 Å². The summed E-state index contributed by atoms with van der Waals surface area (Å²) in [5, 5.41) is 0. The fourth-order valence-corrected chi connectivity index (χ4v) is 3.93. The highest BCUT2D eigenvalue weighted by molar-refractivity contribution is 7.89. The number of aromatic nitrogens is 2. The Bertz CT molecular complexity index is 1120. The molecule has 1 unspecified atom stereocenters. The molecule has 1 heterocycles. The predicted molar refractivity (Wildman–Crippen MR) is 94.7 cm³/mol. The summed E-state index contributed by atoms with van der Waals surface area (Å²) >= 11 is 0. The molecule has 3 rings (SSSR count). The van der Waals surface area contributed by atoms with Gasteiger partial charge in [0.2, 0.25) is 10.0 Å². The summed E-state index contributed by atoms with van der Waals surface area (Å²) in [5.74, 6) is -4.37. The van der Waals surface area contributed by atoms with E-state index in [9.17, 15) is 21.6 Å². The van der Waals surface area contributed by atoms with Gasteiger partial charge in [0.05, 0.1) is 7.11 Å². The molecular formula is C18H16F3N3O3S. The van der Waals surface area contributed by atoms with Crippen molar-refractivity contribution in [2.45, 2.75) is 10.9 Å². The molecule has 3 aromatic rings. The summed E-state index contributed by atoms with van der Waals surface area (Å²) in [7, 11) is -1.46. The van der Waals surface area contributed by atoms with Gasteiger partial charge in [-0.25, -0.2) is 26.6 Å². The van der Waals surface area contributed by atoms with Crippen LogP contribution in [0.1, 0.15) is 17.4 Å². The van der Waals surface area contributed by atoms with Gasteiger partial charge < -0.3 is 9.30 Å². The largest absolute Gasteiger partial charge is 0.497 e. The minimum absolute atomic E-state index is 0.305. The molecule has 2 aromatic carbocycles. The summed E-state index contributed by atoms with van der Waals surface area (Å²) in [5.41, 5.74) is 0.459. The lowest BCUT2D eigenvalue weighted by Crippen LogP contribution is -2.32. The van der Waals surface area contributed by atoms with Crippen LogP contribution in [0.25, 0.3) is 0 Å². The molecule has 0 saturated carbocycles. The number of nitrogens with zero attached hydrogens (tertiary/aromatic N) is 2. The monoisotopic (exact) mass is 411 g/mol. The van der Waals surface area contributed by atoms with Gasteiger partial charge in [-0.15, -0.1) is 0 Å². The van der Waals surface area contributed by atoms with E-state index < -0.39 is 38.4 Å². The standard InChI is InChI=1S/C18H16F3N3O3S/c1-24-9-8-22-18(24)17(11-4-3-5-12(10-11)27-2)23-28(25,26)14-7-6-13(19)15(20)16(14)21/h3-10,17,23H,1-2H3. The van der Waals surface area contributed by atoms with Crippen molar-refractivity contribution >= 4 is 10.0 Å². The van der Waals surface area contributed by atoms with E-state index in [1.165, 1.54) is 13.3 Å². The molecule has 1 aromatic heterocycles. The lowest BCUT2D eigenvalue weighted by molar-refractivity contribution is 0.413. The van der Waals surface area contributed by atoms with Crippen molar-refractivity contribution in [3.63, 3.8) is 0 Å². The van der Waals surface area contributed by atoms with Crippen molar-refractivity contribution in [3.05, 3.63) is 77.6 Å². The van der Waals surface area contributed by atoms with E-state index in [0.29, 0.717) is 29.3 Å². The molecule has 0 amide bonds. The van der Waals surface area contributed by atoms with Crippen LogP contribution in [0, 0.1) is 17.5 Å². The molecule has 0 aliphatic heterocycles. The topological polar surface area (TPSA) is 73.2 Å². The Morgan fingerprint density at radius 1 is 1.14 bits per heavy atom. The van der Waals surface area contributed by atoms with Crippen LogP contribution in [-0.4, -0.2) is 25.1 Å². The molecule has 0 aliphatic carbocycles. The van der Waals surface area contributed by atoms with E-state index in [0.717, 1.165) is 0 Å². The van der Waals surface area contributed by atoms with Crippen LogP contribution in [0.3, 0.4) is 0 Å². The molecular weight excluding hydrogens is 395 g/mol. The highest BCUT2D eigenvalue weighted by Crippen LogP contribution is 2.27. The van der Waals surface area contributed by atoms with E-state index in [1.807, 2.05) is 0 Å². The number of ether oxygens (including phenoxy) is 1. The third kappa shape index (κ3) is 3.73. The van der Waals surface area contributed by atoms with E-state index in [1.54, 1.807) is 42.1 Å². The first-order chi connectivity index (χ1) is 13.2. The van der Waals surface area contributed by atoms with Crippen LogP contribution in [0.5, 0.6) is 5.75 Å². The molecule has 0 fully saturated rings. The van der Waals surface area contributed by atoms with Crippen LogP contribution >= 0.6 is 0 Å². The predicted octanol–water partition coefficient (Wildman–Crippen LogP) is 2.91. The average molecular weight is 411 g/mol. The first-order valence-corrected chi connectivity index (χ1v) is 9.50. The van der Waals surface area contributed by atoms with E-state index in [4.69, 9.17) is 4.74 Å². The summed E-state index contributed by atoms with van der Waals surface area (Å²) in [6.07, 6.45) is 3.07. The summed E-state index contributed by atoms with van der Waals surface area (Å²) in [6.45, 7) is 0. The van der Waals surface area contributed by atoms with Gasteiger partial charge in [0.25, 0.3) is 0 Å². The molecule has 0 radical (unpaired) electrons. The second kappa shape index (κ2) is 7.64. The van der Waals surface area contributed by atoms with Crippen LogP contribution < -0.4 is 9.46 Å². The average Bonchev–Trinajstić information content (AvgIpc) is 3.09. The van der Waals surface area contributed by atoms with Gasteiger partial charge in [0.15, 0.2) is 17.5 Å². The van der Waals surface area contributed by atoms with E-state index in [2.05, 4.69) is 9.71 Å². The van der Waals surface area contributed by atoms with Crippen molar-refractivity contribution < 1.29 is 26.3 Å². The Kier molecular flexibility index (Phi) is 5.43. The first kappa shape index (κ1) is 19.9. The van der Waals surface area contributed by atoms with E-state index >= 15 is 0 Å². The lowest BCUT2D eigenvalue weighted by atomic mass is 10.1. The van der Waals surface area contributed by atoms with Gasteiger partial charge in [0.1, 0.15) is 22.5 Å². The van der Waals surface area contributed by atoms with Crippen LogP contribution in [0.15, 0.2) is 53.7 Å². The number of hydrogen-bond donors (Lipinski definition) is 1. The van der Waals surface area contributed by atoms with Crippen LogP contribution in [-0.2, 0) is 17.1 Å². The second-order valence-electron chi connectivity index (χ2n) is 5.90. The Balaban J connectivity index is 2.09. The van der Waals surface area contributed by atoms with Gasteiger partial charge in [-0.2, -0.15) is 4.72 Å². The third-order valence-electron chi connectivity index (χ3n) is 4.11. The molecule has 28 heavy (non-hydrogen) atoms. The number of aryl methyl sites for hydroxylation is 1. The van der Waals surface area contributed by atoms with E-state index in [-0.39, 0.29) is 0 Å². The molecule has 6 nitrogen and oxygen atoms in total. The number of nitrogens with one attached hydrogen (secondary N) is 1. The fourth-order valence-electron chi connectivity index (χ4n) is 2.68. The quantitative estimate of drug-likeness (QED) is 0.633. The maximum atomic E-state index is 14.1. The SMILES string of the molecule is COc1cccc(C(NS(=O)(=O)c2ccc(F)c(F)c2F)c2nccn2C)c1. The highest BCUT2D eigenvalue weighted by atomic mass is 32.2. The van der Waals surface area contributed by atoms with Crippen molar-refractivity contribution in [2.24, 2.45) is 7.05 Å². The van der Waals surface area contributed by atoms with Crippen molar-refractivity contribution in [3.8, 4) is 5.75 Å². The van der Waals surface area contributed by atoms with Gasteiger partial charge >= 0.3 is 0 Å². The maximum absolute atomic E-state index is 14.1. The Hall–Kier alpha value is -2.85. The molecule has 0 saturated heterocycles. The molecule has 148 valence electrons. The van der Waals surface area contributed by atoms with Crippen molar-refractivity contribution in [2.75, 3.05) is 7.11 Å². The zero-order chi connectivity index (χ0) is 20.5. The zero-order valence-electron chi connectivity index (χ0n) is 14.9. The maximum Gasteiger partial charge on any atom is 0.244 e. The molecule has 1 atom stereocenters. The zero-order valence-corrected chi connectivity index (χ0v) is 15.7. The fraction of sp³-hybridized carbons (Fsp3) is 0.167. The number of imidazole rings is 1. The Morgan fingerprint density at radius 3 is 2.54 bits per heavy atom. The van der Waals surface area contributed by atoms with Crippen LogP contribution in [0.2, 0.25) is 0 Å². The molecule has 1 N–H and O–H groups in total. The third-order valence-corrected chi connectivity index (χ3v) is 5.55. The van der Waals surface area contributed by atoms with Crippen molar-refractivity contribution in [1.82, 2.24) is 14.3 Å². The Morgan fingerprint density at radius 2 is 1.89 bits per heavy atom. The number of sulfonamides is 1. The molecule has 0 spiro atoms. The summed E-state index contributed by atoms with van der Waals surface area (Å²) in [6, 6.07) is 6.72. The number of rotatable bonds is 6. The minimum atomic E-state index is -4.57. The van der Waals surface area contributed by atoms with Gasteiger partial charge in [0, 0.05) is 19.4 Å². The molecule has 0 bridgehead atoms. The molecule has 0 aliphatic rings. The van der Waals surface area contributed by atoms with Gasteiger partial charge in [-0.3, -0.25) is 0 Å². The number of methoxy groups -OCH3 is 1. The normalized spacial score (nSPS) is 12.8. The Labute approximate surface area is 159 Å². The smallest absolute Gasteiger partial charge is 0.244 e. The first-order valence-electron chi connectivity index (χ1n) is 8.01. The lowest BCUT2D eigenvalue weighted by Gasteiger charge is -2.20. The second-order valence-corrected chi connectivity index (χ2v) is 7.58. The van der Waals surface area contributed by atoms with Crippen LogP contribution in [0.4, 0.5) is 13.2 Å². The highest BCUT2D eigenvalue weighted by Gasteiger charge is 2.30.